The molecule has 0 aromatic carbocycles. The maximum Gasteiger partial charge on any atom is 0.341 e. The fourth-order valence-electron chi connectivity index (χ4n) is 1.74. The lowest BCUT2D eigenvalue weighted by atomic mass is 10.2. The molecule has 5 nitrogen and oxygen atoms in total. The fourth-order valence-corrected chi connectivity index (χ4v) is 1.74. The monoisotopic (exact) mass is 313 g/mol. The molecule has 1 rings (SSSR count). The van der Waals surface area contributed by atoms with Crippen LogP contribution in [0.15, 0.2) is 17.9 Å². The Balaban J connectivity index is 2.69. The first-order valence-electron chi connectivity index (χ1n) is 7.09. The summed E-state index contributed by atoms with van der Waals surface area (Å²) in [5, 5.41) is 0. The highest BCUT2D eigenvalue weighted by Gasteiger charge is 2.15. The van der Waals surface area contributed by atoms with Crippen molar-refractivity contribution in [3.05, 3.63) is 29.1 Å². The van der Waals surface area contributed by atoms with Gasteiger partial charge in [-0.1, -0.05) is 6.92 Å². The Bertz CT molecular complexity index is 558. The largest absolute Gasteiger partial charge is 0.462 e. The van der Waals surface area contributed by atoms with Gasteiger partial charge in [-0.3, -0.25) is 0 Å². The molecule has 0 atom stereocenters. The zero-order valence-electron chi connectivity index (χ0n) is 13.3. The summed E-state index contributed by atoms with van der Waals surface area (Å²) in [7, 11) is 1.87. The number of aromatic nitrogens is 2. The number of aryl methyl sites for hydroxylation is 1. The van der Waals surface area contributed by atoms with Gasteiger partial charge in [-0.2, -0.15) is 8.78 Å². The van der Waals surface area contributed by atoms with E-state index >= 15 is 0 Å². The summed E-state index contributed by atoms with van der Waals surface area (Å²) in [5.74, 6) is -0.0663. The van der Waals surface area contributed by atoms with Gasteiger partial charge < -0.3 is 9.64 Å². The summed E-state index contributed by atoms with van der Waals surface area (Å²) in [6, 6.07) is 0. The van der Waals surface area contributed by atoms with Crippen LogP contribution in [0.1, 0.15) is 42.7 Å². The van der Waals surface area contributed by atoms with Gasteiger partial charge in [0.25, 0.3) is 6.08 Å². The second-order valence-electron chi connectivity index (χ2n) is 5.02. The number of nitrogens with zero attached hydrogens (tertiary/aromatic N) is 3. The van der Waals surface area contributed by atoms with Crippen LogP contribution < -0.4 is 4.90 Å². The molecule has 0 N–H and O–H groups in total. The fraction of sp³-hybridized carbons (Fsp3) is 0.533. The lowest BCUT2D eigenvalue weighted by Gasteiger charge is -2.16. The van der Waals surface area contributed by atoms with Crippen molar-refractivity contribution in [2.75, 3.05) is 25.1 Å². The third-order valence-corrected chi connectivity index (χ3v) is 3.12. The van der Waals surface area contributed by atoms with Crippen LogP contribution >= 0.6 is 0 Å². The highest BCUT2D eigenvalue weighted by Crippen LogP contribution is 2.14. The Morgan fingerprint density at radius 3 is 2.64 bits per heavy atom. The summed E-state index contributed by atoms with van der Waals surface area (Å²) in [6.45, 7) is 5.75. The summed E-state index contributed by atoms with van der Waals surface area (Å²) < 4.78 is 29.5. The van der Waals surface area contributed by atoms with Crippen molar-refractivity contribution in [3.63, 3.8) is 0 Å². The third kappa shape index (κ3) is 5.05. The topological polar surface area (TPSA) is 55.3 Å². The van der Waals surface area contributed by atoms with Crippen molar-refractivity contribution in [3.8, 4) is 0 Å². The minimum atomic E-state index is -1.74. The summed E-state index contributed by atoms with van der Waals surface area (Å²) in [5.41, 5.74) is 0.662. The predicted molar refractivity (Wildman–Crippen MR) is 80.1 cm³/mol. The Kier molecular flexibility index (Phi) is 6.88. The molecule has 122 valence electrons. The van der Waals surface area contributed by atoms with Gasteiger partial charge in [0.2, 0.25) is 5.95 Å². The smallest absolute Gasteiger partial charge is 0.341 e. The average Bonchev–Trinajstić information content (AvgIpc) is 2.46. The van der Waals surface area contributed by atoms with E-state index in [0.29, 0.717) is 11.6 Å². The quantitative estimate of drug-likeness (QED) is 0.723. The molecule has 0 amide bonds. The third-order valence-electron chi connectivity index (χ3n) is 3.12. The Hall–Kier alpha value is -2.05. The van der Waals surface area contributed by atoms with Crippen LogP contribution in [0.5, 0.6) is 0 Å². The Morgan fingerprint density at radius 2 is 2.09 bits per heavy atom. The number of halogens is 2. The van der Waals surface area contributed by atoms with Crippen molar-refractivity contribution < 1.29 is 18.3 Å². The van der Waals surface area contributed by atoms with Gasteiger partial charge in [0, 0.05) is 26.2 Å². The Morgan fingerprint density at radius 1 is 1.41 bits per heavy atom. The highest BCUT2D eigenvalue weighted by molar-refractivity contribution is 5.90. The second-order valence-corrected chi connectivity index (χ2v) is 5.02. The Labute approximate surface area is 129 Å². The molecule has 0 aliphatic rings. The van der Waals surface area contributed by atoms with Crippen LogP contribution in [0, 0.1) is 6.92 Å². The van der Waals surface area contributed by atoms with Gasteiger partial charge >= 0.3 is 5.97 Å². The van der Waals surface area contributed by atoms with E-state index in [9.17, 15) is 13.6 Å². The number of carbonyl (C=O) groups is 1. The SMILES string of the molecule is CCCN(C)c1ncc(C(=O)OCCC(C)=C(F)F)c(C)n1. The molecule has 0 unspecified atom stereocenters. The lowest BCUT2D eigenvalue weighted by Crippen LogP contribution is -2.21. The molecule has 1 aromatic heterocycles. The van der Waals surface area contributed by atoms with Crippen molar-refractivity contribution >= 4 is 11.9 Å². The first-order chi connectivity index (χ1) is 10.4. The van der Waals surface area contributed by atoms with Crippen LogP contribution in [-0.4, -0.2) is 36.1 Å². The van der Waals surface area contributed by atoms with Crippen molar-refractivity contribution in [2.24, 2.45) is 0 Å². The zero-order chi connectivity index (χ0) is 16.7. The van der Waals surface area contributed by atoms with E-state index in [0.717, 1.165) is 13.0 Å². The first-order valence-corrected chi connectivity index (χ1v) is 7.09. The number of hydrogen-bond acceptors (Lipinski definition) is 5. The maximum absolute atomic E-state index is 12.2. The average molecular weight is 313 g/mol. The molecule has 7 heteroatoms. The predicted octanol–water partition coefficient (Wildman–Crippen LogP) is 3.35. The van der Waals surface area contributed by atoms with E-state index in [4.69, 9.17) is 4.74 Å². The van der Waals surface area contributed by atoms with Gasteiger partial charge in [-0.15, -0.1) is 0 Å². The number of rotatable bonds is 7. The van der Waals surface area contributed by atoms with Gasteiger partial charge in [0.1, 0.15) is 0 Å². The van der Waals surface area contributed by atoms with Gasteiger partial charge in [-0.25, -0.2) is 14.8 Å². The van der Waals surface area contributed by atoms with E-state index < -0.39 is 12.0 Å². The number of esters is 1. The molecule has 0 aliphatic heterocycles. The maximum atomic E-state index is 12.2. The van der Waals surface area contributed by atoms with Crippen LogP contribution in [0.3, 0.4) is 0 Å². The van der Waals surface area contributed by atoms with Crippen LogP contribution in [0.2, 0.25) is 0 Å². The van der Waals surface area contributed by atoms with Gasteiger partial charge in [0.15, 0.2) is 0 Å². The highest BCUT2D eigenvalue weighted by atomic mass is 19.3. The number of ether oxygens (including phenoxy) is 1. The minimum absolute atomic E-state index is 0.00526. The number of anilines is 1. The molecule has 1 aromatic rings. The molecule has 22 heavy (non-hydrogen) atoms. The van der Waals surface area contributed by atoms with E-state index in [1.54, 1.807) is 6.92 Å². The van der Waals surface area contributed by atoms with Crippen molar-refractivity contribution in [1.29, 1.82) is 0 Å². The molecule has 0 saturated heterocycles. The van der Waals surface area contributed by atoms with E-state index in [1.807, 2.05) is 18.9 Å². The second kappa shape index (κ2) is 8.41. The molecular weight excluding hydrogens is 292 g/mol. The molecular formula is C15H21F2N3O2. The van der Waals surface area contributed by atoms with Crippen LogP contribution in [0.25, 0.3) is 0 Å². The van der Waals surface area contributed by atoms with Gasteiger partial charge in [0.05, 0.1) is 17.9 Å². The minimum Gasteiger partial charge on any atom is -0.462 e. The van der Waals surface area contributed by atoms with Crippen LogP contribution in [-0.2, 0) is 4.74 Å². The molecule has 1 heterocycles. The normalized spacial score (nSPS) is 10.3. The summed E-state index contributed by atoms with van der Waals surface area (Å²) >= 11 is 0. The summed E-state index contributed by atoms with van der Waals surface area (Å²) in [6.07, 6.45) is 0.634. The number of carbonyl (C=O) groups excluding carboxylic acids is 1. The number of hydrogen-bond donors (Lipinski definition) is 0. The molecule has 0 aliphatic carbocycles. The van der Waals surface area contributed by atoms with Crippen molar-refractivity contribution in [1.82, 2.24) is 9.97 Å². The van der Waals surface area contributed by atoms with Gasteiger partial charge in [-0.05, 0) is 25.8 Å². The summed E-state index contributed by atoms with van der Waals surface area (Å²) in [4.78, 5) is 22.2. The van der Waals surface area contributed by atoms with E-state index in [-0.39, 0.29) is 24.2 Å². The first kappa shape index (κ1) is 18.0. The standard InChI is InChI=1S/C15H21F2N3O2/c1-5-7-20(4)15-18-9-12(11(3)19-15)14(21)22-8-6-10(2)13(16)17/h9H,5-8H2,1-4H3. The molecule has 0 fully saturated rings. The van der Waals surface area contributed by atoms with E-state index in [2.05, 4.69) is 9.97 Å². The molecule has 0 spiro atoms. The van der Waals surface area contributed by atoms with Crippen LogP contribution in [0.4, 0.5) is 14.7 Å². The van der Waals surface area contributed by atoms with Crippen molar-refractivity contribution in [2.45, 2.75) is 33.6 Å². The van der Waals surface area contributed by atoms with E-state index in [1.165, 1.54) is 13.1 Å². The molecule has 0 radical (unpaired) electrons. The lowest BCUT2D eigenvalue weighted by molar-refractivity contribution is 0.0506. The molecule has 0 bridgehead atoms. The molecule has 0 saturated carbocycles. The zero-order valence-corrected chi connectivity index (χ0v) is 13.3.